The second kappa shape index (κ2) is 12.7. The lowest BCUT2D eigenvalue weighted by Crippen LogP contribution is -2.29. The second-order valence-electron chi connectivity index (χ2n) is 10.5. The van der Waals surface area contributed by atoms with Crippen LogP contribution in [0.15, 0.2) is 91.3 Å². The Kier molecular flexibility index (Phi) is 8.70. The molecule has 41 heavy (non-hydrogen) atoms. The van der Waals surface area contributed by atoms with Gasteiger partial charge in [-0.2, -0.15) is 0 Å². The number of rotatable bonds is 5. The molecule has 1 saturated heterocycles. The van der Waals surface area contributed by atoms with Crippen LogP contribution in [0, 0.1) is 20.8 Å². The van der Waals surface area contributed by atoms with E-state index in [4.69, 9.17) is 10.5 Å². The van der Waals surface area contributed by atoms with Crippen molar-refractivity contribution >= 4 is 22.5 Å². The van der Waals surface area contributed by atoms with E-state index >= 15 is 0 Å². The van der Waals surface area contributed by atoms with Gasteiger partial charge in [0.25, 0.3) is 5.91 Å². The van der Waals surface area contributed by atoms with Crippen molar-refractivity contribution in [1.29, 1.82) is 0 Å². The van der Waals surface area contributed by atoms with E-state index in [9.17, 15) is 4.79 Å². The van der Waals surface area contributed by atoms with Crippen molar-refractivity contribution in [2.75, 3.05) is 18.5 Å². The van der Waals surface area contributed by atoms with Gasteiger partial charge in [-0.25, -0.2) is 0 Å². The van der Waals surface area contributed by atoms with Crippen LogP contribution < -0.4 is 11.1 Å². The number of aryl methyl sites for hydroxylation is 3. The average molecular weight is 545 g/mol. The largest absolute Gasteiger partial charge is 0.381 e. The molecular weight excluding hydrogens is 508 g/mol. The first kappa shape index (κ1) is 28.0. The topological polar surface area (TPSA) is 90.1 Å². The molecule has 3 N–H and O–H groups in total. The summed E-state index contributed by atoms with van der Waals surface area (Å²) in [5, 5.41) is 4.52. The summed E-state index contributed by atoms with van der Waals surface area (Å²) in [6.45, 7) is 7.76. The van der Waals surface area contributed by atoms with Crippen LogP contribution in [0.4, 0.5) is 5.69 Å². The third kappa shape index (κ3) is 6.61. The third-order valence-corrected chi connectivity index (χ3v) is 7.48. The van der Waals surface area contributed by atoms with Crippen molar-refractivity contribution in [3.63, 3.8) is 0 Å². The van der Waals surface area contributed by atoms with Gasteiger partial charge in [0.15, 0.2) is 0 Å². The number of nitrogens with zero attached hydrogens (tertiary/aromatic N) is 2. The number of carbonyl (C=O) groups is 1. The zero-order valence-corrected chi connectivity index (χ0v) is 23.9. The van der Waals surface area contributed by atoms with E-state index in [0.29, 0.717) is 11.6 Å². The minimum absolute atomic E-state index is 0.337. The van der Waals surface area contributed by atoms with Gasteiger partial charge in [0.2, 0.25) is 0 Å². The molecule has 6 rings (SSSR count). The molecule has 0 radical (unpaired) electrons. The fraction of sp³-hybridized carbons (Fsp3) is 0.229. The zero-order valence-electron chi connectivity index (χ0n) is 23.9. The Morgan fingerprint density at radius 1 is 0.829 bits per heavy atom. The number of amides is 1. The number of carbonyl (C=O) groups excluding carboxylic acids is 1. The molecule has 0 aliphatic carbocycles. The van der Waals surface area contributed by atoms with Crippen molar-refractivity contribution in [3.05, 3.63) is 114 Å². The normalized spacial score (nSPS) is 13.3. The molecule has 0 spiro atoms. The standard InChI is InChI=1S/C23H19N.C12H17N3O2/c1-16-8-3-5-11-20(16)23-17(2)9-7-12-21(23)19-14-18-10-4-6-13-22(18)24-15-19;1-8-6-11(10(7-14-8)12(13)16)15-9-2-4-17-5-3-9/h3-15H,1-2H3;6-7,9H,2-5H2,1H3,(H2,13,16)(H,14,15). The number of hydrogen-bond acceptors (Lipinski definition) is 5. The lowest BCUT2D eigenvalue weighted by atomic mass is 9.89. The first-order valence-electron chi connectivity index (χ1n) is 14.0. The number of para-hydroxylation sites is 1. The quantitative estimate of drug-likeness (QED) is 0.243. The van der Waals surface area contributed by atoms with E-state index in [-0.39, 0.29) is 0 Å². The highest BCUT2D eigenvalue weighted by Crippen LogP contribution is 2.36. The van der Waals surface area contributed by atoms with Gasteiger partial charge in [-0.05, 0) is 79.6 Å². The zero-order chi connectivity index (χ0) is 28.8. The van der Waals surface area contributed by atoms with Gasteiger partial charge in [0, 0.05) is 48.3 Å². The molecule has 6 heteroatoms. The minimum Gasteiger partial charge on any atom is -0.381 e. The molecule has 1 fully saturated rings. The van der Waals surface area contributed by atoms with Crippen molar-refractivity contribution in [2.45, 2.75) is 39.7 Å². The number of nitrogens with one attached hydrogen (secondary N) is 1. The molecule has 208 valence electrons. The molecule has 5 aromatic rings. The number of fused-ring (bicyclic) bond motifs is 1. The molecule has 0 unspecified atom stereocenters. The average Bonchev–Trinajstić information content (AvgIpc) is 2.98. The molecule has 3 aromatic carbocycles. The van der Waals surface area contributed by atoms with Crippen LogP contribution in [0.1, 0.15) is 40.0 Å². The Hall–Kier alpha value is -4.55. The van der Waals surface area contributed by atoms with E-state index < -0.39 is 5.91 Å². The monoisotopic (exact) mass is 544 g/mol. The highest BCUT2D eigenvalue weighted by molar-refractivity contribution is 5.98. The number of nitrogens with two attached hydrogens (primary N) is 1. The van der Waals surface area contributed by atoms with E-state index in [0.717, 1.165) is 48.5 Å². The first-order chi connectivity index (χ1) is 19.9. The Morgan fingerprint density at radius 2 is 1.54 bits per heavy atom. The number of aromatic nitrogens is 2. The summed E-state index contributed by atoms with van der Waals surface area (Å²) in [7, 11) is 0. The van der Waals surface area contributed by atoms with Crippen LogP contribution in [-0.4, -0.2) is 35.1 Å². The molecule has 1 aliphatic heterocycles. The van der Waals surface area contributed by atoms with Crippen molar-refractivity contribution in [3.8, 4) is 22.3 Å². The number of anilines is 1. The Labute approximate surface area is 241 Å². The summed E-state index contributed by atoms with van der Waals surface area (Å²) in [5.74, 6) is -0.452. The number of pyridine rings is 2. The van der Waals surface area contributed by atoms with Crippen LogP contribution in [0.25, 0.3) is 33.2 Å². The summed E-state index contributed by atoms with van der Waals surface area (Å²) in [5.41, 5.74) is 16.0. The van der Waals surface area contributed by atoms with Crippen LogP contribution in [0.3, 0.4) is 0 Å². The van der Waals surface area contributed by atoms with Crippen LogP contribution in [0.2, 0.25) is 0 Å². The number of benzene rings is 3. The van der Waals surface area contributed by atoms with Crippen LogP contribution >= 0.6 is 0 Å². The second-order valence-corrected chi connectivity index (χ2v) is 10.5. The molecule has 0 bridgehead atoms. The third-order valence-electron chi connectivity index (χ3n) is 7.48. The van der Waals surface area contributed by atoms with Gasteiger partial charge in [0.05, 0.1) is 16.8 Å². The van der Waals surface area contributed by atoms with Gasteiger partial charge in [0.1, 0.15) is 0 Å². The van der Waals surface area contributed by atoms with Crippen molar-refractivity contribution < 1.29 is 9.53 Å². The van der Waals surface area contributed by atoms with Gasteiger partial charge < -0.3 is 15.8 Å². The van der Waals surface area contributed by atoms with E-state index in [2.05, 4.69) is 95.9 Å². The molecule has 0 saturated carbocycles. The fourth-order valence-corrected chi connectivity index (χ4v) is 5.27. The Bertz CT molecular complexity index is 1670. The molecular formula is C35H36N4O2. The summed E-state index contributed by atoms with van der Waals surface area (Å²) in [6, 6.07) is 27.8. The van der Waals surface area contributed by atoms with Crippen molar-refractivity contribution in [1.82, 2.24) is 9.97 Å². The van der Waals surface area contributed by atoms with Crippen LogP contribution in [-0.2, 0) is 4.74 Å². The summed E-state index contributed by atoms with van der Waals surface area (Å²) < 4.78 is 5.29. The molecule has 1 amide bonds. The number of primary amides is 1. The van der Waals surface area contributed by atoms with E-state index in [1.165, 1.54) is 39.4 Å². The van der Waals surface area contributed by atoms with Crippen LogP contribution in [0.5, 0.6) is 0 Å². The first-order valence-corrected chi connectivity index (χ1v) is 14.0. The van der Waals surface area contributed by atoms with E-state index in [1.807, 2.05) is 25.3 Å². The SMILES string of the molecule is Cc1cc(NC2CCOCC2)c(C(N)=O)cn1.Cc1ccccc1-c1c(C)cccc1-c1cnc2ccccc2c1. The van der Waals surface area contributed by atoms with Gasteiger partial charge in [-0.1, -0.05) is 60.7 Å². The summed E-state index contributed by atoms with van der Waals surface area (Å²) in [6.07, 6.45) is 5.40. The van der Waals surface area contributed by atoms with E-state index in [1.54, 1.807) is 0 Å². The maximum absolute atomic E-state index is 11.3. The molecule has 1 aliphatic rings. The fourth-order valence-electron chi connectivity index (χ4n) is 5.27. The lowest BCUT2D eigenvalue weighted by molar-refractivity contribution is 0.0904. The highest BCUT2D eigenvalue weighted by Gasteiger charge is 2.17. The molecule has 3 heterocycles. The smallest absolute Gasteiger partial charge is 0.252 e. The van der Waals surface area contributed by atoms with Crippen molar-refractivity contribution in [2.24, 2.45) is 5.73 Å². The molecule has 6 nitrogen and oxygen atoms in total. The summed E-state index contributed by atoms with van der Waals surface area (Å²) >= 11 is 0. The maximum Gasteiger partial charge on any atom is 0.252 e. The number of hydrogen-bond donors (Lipinski definition) is 2. The van der Waals surface area contributed by atoms with Gasteiger partial charge >= 0.3 is 0 Å². The Balaban J connectivity index is 0.000000175. The predicted octanol–water partition coefficient (Wildman–Crippen LogP) is 7.27. The maximum atomic E-state index is 11.3. The molecule has 2 aromatic heterocycles. The molecule has 0 atom stereocenters. The minimum atomic E-state index is -0.452. The number of ether oxygens (including phenoxy) is 1. The van der Waals surface area contributed by atoms with Gasteiger partial charge in [-0.3, -0.25) is 14.8 Å². The highest BCUT2D eigenvalue weighted by atomic mass is 16.5. The van der Waals surface area contributed by atoms with Gasteiger partial charge in [-0.15, -0.1) is 0 Å². The predicted molar refractivity (Wildman–Crippen MR) is 167 cm³/mol. The Morgan fingerprint density at radius 3 is 2.32 bits per heavy atom. The lowest BCUT2D eigenvalue weighted by Gasteiger charge is -2.25. The summed E-state index contributed by atoms with van der Waals surface area (Å²) in [4.78, 5) is 20.0.